The van der Waals surface area contributed by atoms with Crippen LogP contribution in [0.15, 0.2) is 71.1 Å². The van der Waals surface area contributed by atoms with Gasteiger partial charge in [0.1, 0.15) is 23.9 Å². The summed E-state index contributed by atoms with van der Waals surface area (Å²) in [4.78, 5) is 14.8. The van der Waals surface area contributed by atoms with Crippen molar-refractivity contribution >= 4 is 5.91 Å². The SMILES string of the molecule is O=C(NCC1CN(Cc2ccccc2)CCO1)c1ccc(COc2ccc(F)cc2)o1. The van der Waals surface area contributed by atoms with Crippen LogP contribution in [0.4, 0.5) is 4.39 Å². The highest BCUT2D eigenvalue weighted by molar-refractivity contribution is 5.91. The van der Waals surface area contributed by atoms with Crippen LogP contribution in [-0.4, -0.2) is 43.2 Å². The van der Waals surface area contributed by atoms with Crippen molar-refractivity contribution in [3.8, 4) is 5.75 Å². The predicted octanol–water partition coefficient (Wildman–Crippen LogP) is 3.63. The molecule has 1 amide bonds. The lowest BCUT2D eigenvalue weighted by Gasteiger charge is -2.33. The minimum atomic E-state index is -0.325. The molecule has 31 heavy (non-hydrogen) atoms. The average molecular weight is 424 g/mol. The van der Waals surface area contributed by atoms with Gasteiger partial charge in [-0.2, -0.15) is 0 Å². The zero-order valence-electron chi connectivity index (χ0n) is 17.1. The molecule has 1 aliphatic heterocycles. The average Bonchev–Trinajstić information content (AvgIpc) is 3.27. The number of rotatable bonds is 8. The van der Waals surface area contributed by atoms with Crippen molar-refractivity contribution in [2.75, 3.05) is 26.2 Å². The summed E-state index contributed by atoms with van der Waals surface area (Å²) in [6.07, 6.45) is -0.0716. The van der Waals surface area contributed by atoms with E-state index in [1.807, 2.05) is 18.2 Å². The number of nitrogens with one attached hydrogen (secondary N) is 1. The van der Waals surface area contributed by atoms with E-state index >= 15 is 0 Å². The first-order valence-corrected chi connectivity index (χ1v) is 10.3. The van der Waals surface area contributed by atoms with E-state index < -0.39 is 0 Å². The number of carbonyl (C=O) groups excluding carboxylic acids is 1. The molecule has 0 aliphatic carbocycles. The molecule has 1 fully saturated rings. The van der Waals surface area contributed by atoms with Crippen LogP contribution in [0.3, 0.4) is 0 Å². The number of benzene rings is 2. The Morgan fingerprint density at radius 1 is 1.10 bits per heavy atom. The third-order valence-electron chi connectivity index (χ3n) is 5.04. The molecule has 1 aromatic heterocycles. The highest BCUT2D eigenvalue weighted by Gasteiger charge is 2.22. The Bertz CT molecular complexity index is 975. The summed E-state index contributed by atoms with van der Waals surface area (Å²) < 4.78 is 29.8. The summed E-state index contributed by atoms with van der Waals surface area (Å²) in [5.41, 5.74) is 1.26. The Morgan fingerprint density at radius 2 is 1.90 bits per heavy atom. The normalized spacial score (nSPS) is 16.7. The summed E-state index contributed by atoms with van der Waals surface area (Å²) in [5.74, 6) is 0.636. The van der Waals surface area contributed by atoms with Gasteiger partial charge < -0.3 is 19.2 Å². The van der Waals surface area contributed by atoms with E-state index in [0.29, 0.717) is 24.7 Å². The van der Waals surface area contributed by atoms with Gasteiger partial charge in [-0.05, 0) is 42.0 Å². The van der Waals surface area contributed by atoms with Crippen molar-refractivity contribution < 1.29 is 23.1 Å². The minimum absolute atomic E-state index is 0.0716. The molecule has 1 unspecified atom stereocenters. The molecule has 0 spiro atoms. The van der Waals surface area contributed by atoms with Gasteiger partial charge in [-0.15, -0.1) is 0 Å². The molecular formula is C24H25FN2O4. The van der Waals surface area contributed by atoms with Gasteiger partial charge in [0.15, 0.2) is 5.76 Å². The first-order chi connectivity index (χ1) is 15.2. The number of hydrogen-bond donors (Lipinski definition) is 1. The number of hydrogen-bond acceptors (Lipinski definition) is 5. The molecule has 3 aromatic rings. The van der Waals surface area contributed by atoms with Gasteiger partial charge in [0.05, 0.1) is 12.7 Å². The van der Waals surface area contributed by atoms with E-state index in [1.54, 1.807) is 12.1 Å². The molecule has 1 saturated heterocycles. The van der Waals surface area contributed by atoms with Gasteiger partial charge in [0.25, 0.3) is 5.91 Å². The third-order valence-corrected chi connectivity index (χ3v) is 5.04. The Labute approximate surface area is 180 Å². The zero-order chi connectivity index (χ0) is 21.5. The maximum atomic E-state index is 12.9. The fourth-order valence-electron chi connectivity index (χ4n) is 3.45. The highest BCUT2D eigenvalue weighted by atomic mass is 19.1. The number of carbonyl (C=O) groups is 1. The quantitative estimate of drug-likeness (QED) is 0.598. The van der Waals surface area contributed by atoms with Gasteiger partial charge in [0.2, 0.25) is 0 Å². The first kappa shape index (κ1) is 21.1. The largest absolute Gasteiger partial charge is 0.486 e. The zero-order valence-corrected chi connectivity index (χ0v) is 17.1. The van der Waals surface area contributed by atoms with Crippen molar-refractivity contribution in [3.05, 3.63) is 89.6 Å². The summed E-state index contributed by atoms with van der Waals surface area (Å²) in [6.45, 7) is 3.69. The maximum absolute atomic E-state index is 12.9. The van der Waals surface area contributed by atoms with Crippen molar-refractivity contribution in [2.45, 2.75) is 19.3 Å². The van der Waals surface area contributed by atoms with E-state index in [-0.39, 0.29) is 30.2 Å². The molecule has 0 bridgehead atoms. The van der Waals surface area contributed by atoms with E-state index in [2.05, 4.69) is 22.3 Å². The summed E-state index contributed by atoms with van der Waals surface area (Å²) in [5, 5.41) is 2.88. The summed E-state index contributed by atoms with van der Waals surface area (Å²) in [6, 6.07) is 19.3. The number of furan rings is 1. The van der Waals surface area contributed by atoms with Crippen LogP contribution in [0.25, 0.3) is 0 Å². The molecule has 162 valence electrons. The minimum Gasteiger partial charge on any atom is -0.486 e. The third kappa shape index (κ3) is 6.16. The highest BCUT2D eigenvalue weighted by Crippen LogP contribution is 2.15. The monoisotopic (exact) mass is 424 g/mol. The molecule has 1 aliphatic rings. The van der Waals surface area contributed by atoms with E-state index in [9.17, 15) is 9.18 Å². The smallest absolute Gasteiger partial charge is 0.287 e. The second-order valence-corrected chi connectivity index (χ2v) is 7.43. The van der Waals surface area contributed by atoms with Crippen molar-refractivity contribution in [1.29, 1.82) is 0 Å². The van der Waals surface area contributed by atoms with Gasteiger partial charge in [-0.3, -0.25) is 9.69 Å². The Balaban J connectivity index is 1.22. The predicted molar refractivity (Wildman–Crippen MR) is 113 cm³/mol. The Morgan fingerprint density at radius 3 is 2.71 bits per heavy atom. The number of nitrogens with zero attached hydrogens (tertiary/aromatic N) is 1. The van der Waals surface area contributed by atoms with E-state index in [0.717, 1.165) is 19.6 Å². The topological polar surface area (TPSA) is 63.9 Å². The van der Waals surface area contributed by atoms with Crippen molar-refractivity contribution in [3.63, 3.8) is 0 Å². The number of morpholine rings is 1. The maximum Gasteiger partial charge on any atom is 0.287 e. The first-order valence-electron chi connectivity index (χ1n) is 10.3. The second-order valence-electron chi connectivity index (χ2n) is 7.43. The number of halogens is 1. The van der Waals surface area contributed by atoms with Crippen LogP contribution in [0.5, 0.6) is 5.75 Å². The second kappa shape index (κ2) is 10.2. The molecule has 0 radical (unpaired) electrons. The van der Waals surface area contributed by atoms with Gasteiger partial charge >= 0.3 is 0 Å². The lowest BCUT2D eigenvalue weighted by molar-refractivity contribution is -0.0293. The Kier molecular flexibility index (Phi) is 6.96. The van der Waals surface area contributed by atoms with Crippen molar-refractivity contribution in [2.24, 2.45) is 0 Å². The van der Waals surface area contributed by atoms with Gasteiger partial charge in [0, 0.05) is 26.2 Å². The molecule has 4 rings (SSSR count). The van der Waals surface area contributed by atoms with Crippen LogP contribution < -0.4 is 10.1 Å². The summed E-state index contributed by atoms with van der Waals surface area (Å²) in [7, 11) is 0. The van der Waals surface area contributed by atoms with Crippen LogP contribution in [-0.2, 0) is 17.9 Å². The Hall–Kier alpha value is -3.16. The lowest BCUT2D eigenvalue weighted by atomic mass is 10.2. The van der Waals surface area contributed by atoms with Gasteiger partial charge in [-0.25, -0.2) is 4.39 Å². The standard InChI is InChI=1S/C24H25FN2O4/c25-19-6-8-20(9-7-19)30-17-21-10-11-23(31-21)24(28)26-14-22-16-27(12-13-29-22)15-18-4-2-1-3-5-18/h1-11,22H,12-17H2,(H,26,28). The molecule has 1 atom stereocenters. The number of ether oxygens (including phenoxy) is 2. The molecule has 1 N–H and O–H groups in total. The van der Waals surface area contributed by atoms with Gasteiger partial charge in [-0.1, -0.05) is 30.3 Å². The molecular weight excluding hydrogens is 399 g/mol. The molecule has 2 aromatic carbocycles. The van der Waals surface area contributed by atoms with Crippen LogP contribution in [0, 0.1) is 5.82 Å². The van der Waals surface area contributed by atoms with Crippen molar-refractivity contribution in [1.82, 2.24) is 10.2 Å². The summed E-state index contributed by atoms with van der Waals surface area (Å²) >= 11 is 0. The fourth-order valence-corrected chi connectivity index (χ4v) is 3.45. The molecule has 6 nitrogen and oxygen atoms in total. The van der Waals surface area contributed by atoms with E-state index in [1.165, 1.54) is 29.8 Å². The van der Waals surface area contributed by atoms with E-state index in [4.69, 9.17) is 13.9 Å². The fraction of sp³-hybridized carbons (Fsp3) is 0.292. The molecule has 7 heteroatoms. The van der Waals surface area contributed by atoms with Crippen LogP contribution >= 0.6 is 0 Å². The van der Waals surface area contributed by atoms with Crippen LogP contribution in [0.2, 0.25) is 0 Å². The molecule has 2 heterocycles. The number of amides is 1. The molecule has 0 saturated carbocycles. The van der Waals surface area contributed by atoms with Crippen LogP contribution in [0.1, 0.15) is 21.9 Å². The lowest BCUT2D eigenvalue weighted by Crippen LogP contribution is -2.47.